The molecule has 0 N–H and O–H groups in total. The van der Waals surface area contributed by atoms with Crippen molar-refractivity contribution in [2.24, 2.45) is 4.99 Å². The lowest BCUT2D eigenvalue weighted by Gasteiger charge is -1.85. The minimum atomic E-state index is 0.215. The first-order valence-electron chi connectivity index (χ1n) is 2.47. The van der Waals surface area contributed by atoms with Gasteiger partial charge < -0.3 is 0 Å². The van der Waals surface area contributed by atoms with Gasteiger partial charge in [-0.3, -0.25) is 0 Å². The Morgan fingerprint density at radius 1 is 1.78 bits per heavy atom. The first-order chi connectivity index (χ1) is 4.20. The van der Waals surface area contributed by atoms with Gasteiger partial charge in [-0.25, -0.2) is 4.99 Å². The highest BCUT2D eigenvalue weighted by Crippen LogP contribution is 1.90. The van der Waals surface area contributed by atoms with Gasteiger partial charge in [-0.1, -0.05) is 13.2 Å². The summed E-state index contributed by atoms with van der Waals surface area (Å²) in [6.45, 7) is 8.59. The summed E-state index contributed by atoms with van der Waals surface area (Å²) < 4.78 is 0. The molecule has 2 nitrogen and oxygen atoms in total. The van der Waals surface area contributed by atoms with Crippen molar-refractivity contribution in [2.75, 3.05) is 0 Å². The van der Waals surface area contributed by atoms with Crippen molar-refractivity contribution in [2.45, 2.75) is 6.92 Å². The Morgan fingerprint density at radius 3 is 2.67 bits per heavy atom. The maximum atomic E-state index is 8.19. The fourth-order valence-corrected chi connectivity index (χ4v) is 0.284. The predicted molar refractivity (Wildman–Crippen MR) is 38.1 cm³/mol. The third kappa shape index (κ3) is 3.24. The van der Waals surface area contributed by atoms with Gasteiger partial charge in [0, 0.05) is 5.71 Å². The van der Waals surface area contributed by atoms with E-state index in [0.29, 0.717) is 5.71 Å². The van der Waals surface area contributed by atoms with Gasteiger partial charge in [-0.05, 0) is 13.0 Å². The van der Waals surface area contributed by atoms with Crippen molar-refractivity contribution in [1.82, 2.24) is 0 Å². The summed E-state index contributed by atoms with van der Waals surface area (Å²) in [5.41, 5.74) is 0.925. The number of nitriles is 1. The minimum absolute atomic E-state index is 0.215. The van der Waals surface area contributed by atoms with E-state index in [1.54, 1.807) is 19.1 Å². The molecule has 0 amide bonds. The van der Waals surface area contributed by atoms with Crippen LogP contribution in [0.4, 0.5) is 0 Å². The average molecular weight is 120 g/mol. The zero-order valence-electron chi connectivity index (χ0n) is 5.39. The van der Waals surface area contributed by atoms with Crippen molar-refractivity contribution < 1.29 is 0 Å². The van der Waals surface area contributed by atoms with Crippen LogP contribution in [0.3, 0.4) is 0 Å². The van der Waals surface area contributed by atoms with Crippen molar-refractivity contribution >= 4 is 5.71 Å². The van der Waals surface area contributed by atoms with Crippen LogP contribution in [0, 0.1) is 11.3 Å². The number of rotatable bonds is 2. The highest BCUT2D eigenvalue weighted by Gasteiger charge is 1.83. The Hall–Kier alpha value is -1.36. The van der Waals surface area contributed by atoms with E-state index in [-0.39, 0.29) is 5.70 Å². The summed E-state index contributed by atoms with van der Waals surface area (Å²) in [6.07, 6.45) is 1.57. The second kappa shape index (κ2) is 3.62. The van der Waals surface area contributed by atoms with E-state index in [1.165, 1.54) is 0 Å². The SMILES string of the molecule is C=CC(C)=NC(=C)C#N. The third-order valence-electron chi connectivity index (χ3n) is 0.736. The fourth-order valence-electron chi connectivity index (χ4n) is 0.284. The maximum Gasteiger partial charge on any atom is 0.133 e. The lowest BCUT2D eigenvalue weighted by molar-refractivity contribution is 1.39. The zero-order chi connectivity index (χ0) is 7.28. The van der Waals surface area contributed by atoms with Gasteiger partial charge in [0.1, 0.15) is 11.8 Å². The van der Waals surface area contributed by atoms with E-state index in [4.69, 9.17) is 5.26 Å². The Balaban J connectivity index is 4.16. The molecule has 0 saturated heterocycles. The van der Waals surface area contributed by atoms with Crippen LogP contribution in [0.15, 0.2) is 29.9 Å². The molecule has 0 fully saturated rings. The molecule has 0 aromatic carbocycles. The predicted octanol–water partition coefficient (Wildman–Crippen LogP) is 1.67. The molecule has 2 heteroatoms. The number of hydrogen-bond acceptors (Lipinski definition) is 2. The highest BCUT2D eigenvalue weighted by molar-refractivity contribution is 5.93. The van der Waals surface area contributed by atoms with Gasteiger partial charge in [0.25, 0.3) is 0 Å². The molecular weight excluding hydrogens is 112 g/mol. The molecule has 0 radical (unpaired) electrons. The minimum Gasteiger partial charge on any atom is -0.243 e. The molecule has 0 saturated carbocycles. The van der Waals surface area contributed by atoms with Crippen LogP contribution in [-0.4, -0.2) is 5.71 Å². The third-order valence-corrected chi connectivity index (χ3v) is 0.736. The molecule has 0 spiro atoms. The largest absolute Gasteiger partial charge is 0.243 e. The summed E-state index contributed by atoms with van der Waals surface area (Å²) in [6, 6.07) is 1.80. The summed E-state index contributed by atoms with van der Waals surface area (Å²) in [7, 11) is 0. The summed E-state index contributed by atoms with van der Waals surface area (Å²) in [5.74, 6) is 0. The number of hydrogen-bond donors (Lipinski definition) is 0. The number of nitrogens with zero attached hydrogens (tertiary/aromatic N) is 2. The van der Waals surface area contributed by atoms with Gasteiger partial charge in [-0.15, -0.1) is 0 Å². The molecule has 0 aliphatic heterocycles. The lowest BCUT2D eigenvalue weighted by Crippen LogP contribution is -1.82. The molecule has 0 aromatic rings. The molecule has 0 bridgehead atoms. The monoisotopic (exact) mass is 120 g/mol. The Kier molecular flexibility index (Phi) is 3.07. The van der Waals surface area contributed by atoms with E-state index in [2.05, 4.69) is 18.2 Å². The first-order valence-corrected chi connectivity index (χ1v) is 2.47. The Bertz CT molecular complexity index is 193. The van der Waals surface area contributed by atoms with Crippen molar-refractivity contribution in [3.63, 3.8) is 0 Å². The van der Waals surface area contributed by atoms with Crippen molar-refractivity contribution in [3.05, 3.63) is 24.9 Å². The smallest absolute Gasteiger partial charge is 0.133 e. The molecular formula is C7H8N2. The number of aliphatic imine (C=N–C) groups is 1. The second-order valence-electron chi connectivity index (χ2n) is 1.52. The standard InChI is InChI=1S/C7H8N2/c1-4-6(2)9-7(3)5-8/h4H,1,3H2,2H3. The maximum absolute atomic E-state index is 8.19. The molecule has 0 atom stereocenters. The van der Waals surface area contributed by atoms with Gasteiger partial charge in [0.15, 0.2) is 0 Å². The summed E-state index contributed by atoms with van der Waals surface area (Å²) in [5, 5.41) is 8.19. The molecule has 0 unspecified atom stereocenters. The van der Waals surface area contributed by atoms with Crippen LogP contribution in [0.5, 0.6) is 0 Å². The molecule has 9 heavy (non-hydrogen) atoms. The van der Waals surface area contributed by atoms with Gasteiger partial charge in [-0.2, -0.15) is 5.26 Å². The van der Waals surface area contributed by atoms with Crippen LogP contribution in [0.2, 0.25) is 0 Å². The highest BCUT2D eigenvalue weighted by atomic mass is 14.7. The van der Waals surface area contributed by atoms with Crippen LogP contribution >= 0.6 is 0 Å². The first kappa shape index (κ1) is 7.64. The number of allylic oxidation sites excluding steroid dienone is 2. The van der Waals surface area contributed by atoms with Crippen LogP contribution in [0.1, 0.15) is 6.92 Å². The average Bonchev–Trinajstić information content (AvgIpc) is 1.87. The Morgan fingerprint density at radius 2 is 2.33 bits per heavy atom. The molecule has 0 heterocycles. The van der Waals surface area contributed by atoms with Gasteiger partial charge >= 0.3 is 0 Å². The van der Waals surface area contributed by atoms with Crippen LogP contribution in [0.25, 0.3) is 0 Å². The van der Waals surface area contributed by atoms with E-state index in [9.17, 15) is 0 Å². The van der Waals surface area contributed by atoms with Crippen LogP contribution < -0.4 is 0 Å². The Labute approximate surface area is 54.8 Å². The summed E-state index contributed by atoms with van der Waals surface area (Å²) in [4.78, 5) is 3.76. The van der Waals surface area contributed by atoms with Crippen molar-refractivity contribution in [1.29, 1.82) is 5.26 Å². The zero-order valence-corrected chi connectivity index (χ0v) is 5.39. The van der Waals surface area contributed by atoms with E-state index >= 15 is 0 Å². The lowest BCUT2D eigenvalue weighted by atomic mass is 10.4. The van der Waals surface area contributed by atoms with E-state index in [0.717, 1.165) is 0 Å². The molecule has 0 aromatic heterocycles. The van der Waals surface area contributed by atoms with E-state index in [1.807, 2.05) is 0 Å². The van der Waals surface area contributed by atoms with Gasteiger partial charge in [0.05, 0.1) is 0 Å². The quantitative estimate of drug-likeness (QED) is 0.403. The summed E-state index contributed by atoms with van der Waals surface area (Å²) >= 11 is 0. The molecule has 0 aliphatic rings. The van der Waals surface area contributed by atoms with Crippen LogP contribution in [-0.2, 0) is 0 Å². The second-order valence-corrected chi connectivity index (χ2v) is 1.52. The molecule has 0 rings (SSSR count). The van der Waals surface area contributed by atoms with Crippen molar-refractivity contribution in [3.8, 4) is 6.07 Å². The topological polar surface area (TPSA) is 36.1 Å². The normalized spacial score (nSPS) is 10.0. The fraction of sp³-hybridized carbons (Fsp3) is 0.143. The molecule has 0 aliphatic carbocycles. The van der Waals surface area contributed by atoms with Gasteiger partial charge in [0.2, 0.25) is 0 Å². The molecule has 46 valence electrons. The van der Waals surface area contributed by atoms with E-state index < -0.39 is 0 Å².